The van der Waals surface area contributed by atoms with Crippen molar-refractivity contribution < 1.29 is 9.84 Å². The maximum absolute atomic E-state index is 10.3. The Labute approximate surface area is 127 Å². The van der Waals surface area contributed by atoms with E-state index in [4.69, 9.17) is 10.5 Å². The second-order valence-corrected chi connectivity index (χ2v) is 7.61. The van der Waals surface area contributed by atoms with Crippen LogP contribution in [0.5, 0.6) is 0 Å². The molecule has 2 aliphatic rings. The zero-order valence-electron chi connectivity index (χ0n) is 13.3. The van der Waals surface area contributed by atoms with Gasteiger partial charge in [0.1, 0.15) is 6.10 Å². The molecular weight excluding hydrogens is 262 g/mol. The maximum Gasteiger partial charge on any atom is 0.102 e. The van der Waals surface area contributed by atoms with Crippen molar-refractivity contribution >= 4 is 5.69 Å². The van der Waals surface area contributed by atoms with Crippen LogP contribution in [0.15, 0.2) is 24.3 Å². The lowest BCUT2D eigenvalue weighted by molar-refractivity contribution is -0.0756. The van der Waals surface area contributed by atoms with Crippen molar-refractivity contribution in [3.8, 4) is 0 Å². The van der Waals surface area contributed by atoms with Crippen molar-refractivity contribution in [1.29, 1.82) is 0 Å². The van der Waals surface area contributed by atoms with Gasteiger partial charge in [-0.25, -0.2) is 0 Å². The van der Waals surface area contributed by atoms with Gasteiger partial charge in [0.2, 0.25) is 0 Å². The number of benzene rings is 1. The first-order valence-electron chi connectivity index (χ1n) is 8.00. The van der Waals surface area contributed by atoms with E-state index in [1.807, 2.05) is 24.3 Å². The molecule has 0 radical (unpaired) electrons. The quantitative estimate of drug-likeness (QED) is 0.834. The van der Waals surface area contributed by atoms with Gasteiger partial charge < -0.3 is 15.6 Å². The predicted molar refractivity (Wildman–Crippen MR) is 84.8 cm³/mol. The van der Waals surface area contributed by atoms with Crippen LogP contribution in [0.25, 0.3) is 0 Å². The van der Waals surface area contributed by atoms with Crippen LogP contribution in [0.1, 0.15) is 51.7 Å². The molecule has 2 fully saturated rings. The fourth-order valence-corrected chi connectivity index (χ4v) is 4.40. The van der Waals surface area contributed by atoms with E-state index < -0.39 is 6.10 Å². The van der Waals surface area contributed by atoms with Crippen LogP contribution >= 0.6 is 0 Å². The van der Waals surface area contributed by atoms with Crippen molar-refractivity contribution in [2.75, 3.05) is 12.3 Å². The second-order valence-electron chi connectivity index (χ2n) is 7.61. The number of nitrogens with two attached hydrogens (primary N) is 1. The number of nitrogen functional groups attached to an aromatic ring is 1. The van der Waals surface area contributed by atoms with Gasteiger partial charge in [-0.3, -0.25) is 0 Å². The number of hydrogen-bond donors (Lipinski definition) is 2. The van der Waals surface area contributed by atoms with Gasteiger partial charge in [-0.05, 0) is 53.7 Å². The van der Waals surface area contributed by atoms with Gasteiger partial charge in [0.05, 0.1) is 12.7 Å². The standard InChI is InChI=1S/C18H27NO2/c1-17(2)13-8-9-18(17,3)16(10-13)21-11-15(20)12-4-6-14(19)7-5-12/h4-7,13,15-16,20H,8-11,19H2,1-3H3. The zero-order chi connectivity index (χ0) is 15.3. The predicted octanol–water partition coefficient (Wildman–Crippen LogP) is 3.53. The molecule has 21 heavy (non-hydrogen) atoms. The number of hydrogen-bond acceptors (Lipinski definition) is 3. The summed E-state index contributed by atoms with van der Waals surface area (Å²) in [5.41, 5.74) is 7.86. The third-order valence-electron chi connectivity index (χ3n) is 6.49. The summed E-state index contributed by atoms with van der Waals surface area (Å²) >= 11 is 0. The van der Waals surface area contributed by atoms with Crippen LogP contribution in [-0.2, 0) is 4.74 Å². The van der Waals surface area contributed by atoms with E-state index >= 15 is 0 Å². The Morgan fingerprint density at radius 2 is 1.95 bits per heavy atom. The summed E-state index contributed by atoms with van der Waals surface area (Å²) in [6.07, 6.45) is 3.40. The van der Waals surface area contributed by atoms with E-state index in [2.05, 4.69) is 20.8 Å². The lowest BCUT2D eigenvalue weighted by Crippen LogP contribution is -2.37. The lowest BCUT2D eigenvalue weighted by atomic mass is 9.70. The number of fused-ring (bicyclic) bond motifs is 2. The lowest BCUT2D eigenvalue weighted by Gasteiger charge is -2.39. The summed E-state index contributed by atoms with van der Waals surface area (Å²) < 4.78 is 6.14. The summed E-state index contributed by atoms with van der Waals surface area (Å²) in [7, 11) is 0. The molecule has 116 valence electrons. The fraction of sp³-hybridized carbons (Fsp3) is 0.667. The smallest absolute Gasteiger partial charge is 0.102 e. The molecule has 2 bridgehead atoms. The molecule has 0 aromatic heterocycles. The molecule has 2 saturated carbocycles. The van der Waals surface area contributed by atoms with Gasteiger partial charge in [-0.1, -0.05) is 32.9 Å². The number of rotatable bonds is 4. The highest BCUT2D eigenvalue weighted by molar-refractivity contribution is 5.39. The van der Waals surface area contributed by atoms with Gasteiger partial charge in [0.25, 0.3) is 0 Å². The van der Waals surface area contributed by atoms with Gasteiger partial charge in [0.15, 0.2) is 0 Å². The van der Waals surface area contributed by atoms with Gasteiger partial charge in [0, 0.05) is 5.69 Å². The minimum absolute atomic E-state index is 0.249. The summed E-state index contributed by atoms with van der Waals surface area (Å²) in [5, 5.41) is 10.3. The fourth-order valence-electron chi connectivity index (χ4n) is 4.40. The summed E-state index contributed by atoms with van der Waals surface area (Å²) in [5.74, 6) is 0.765. The minimum atomic E-state index is -0.573. The molecule has 0 heterocycles. The van der Waals surface area contributed by atoms with Crippen LogP contribution in [0, 0.1) is 16.7 Å². The molecule has 0 amide bonds. The zero-order valence-corrected chi connectivity index (χ0v) is 13.3. The van der Waals surface area contributed by atoms with Crippen molar-refractivity contribution in [2.24, 2.45) is 16.7 Å². The van der Waals surface area contributed by atoms with Crippen molar-refractivity contribution in [1.82, 2.24) is 0 Å². The maximum atomic E-state index is 10.3. The monoisotopic (exact) mass is 289 g/mol. The average molecular weight is 289 g/mol. The topological polar surface area (TPSA) is 55.5 Å². The van der Waals surface area contributed by atoms with E-state index in [0.29, 0.717) is 17.7 Å². The van der Waals surface area contributed by atoms with Crippen molar-refractivity contribution in [3.05, 3.63) is 29.8 Å². The van der Waals surface area contributed by atoms with Crippen molar-refractivity contribution in [2.45, 2.75) is 52.2 Å². The Morgan fingerprint density at radius 3 is 2.48 bits per heavy atom. The molecule has 3 rings (SSSR count). The Balaban J connectivity index is 1.63. The first-order chi connectivity index (χ1) is 9.84. The average Bonchev–Trinajstić information content (AvgIpc) is 2.78. The van der Waals surface area contributed by atoms with E-state index in [1.165, 1.54) is 12.8 Å². The third kappa shape index (κ3) is 2.27. The van der Waals surface area contributed by atoms with Gasteiger partial charge >= 0.3 is 0 Å². The molecule has 0 aliphatic heterocycles. The highest BCUT2D eigenvalue weighted by Crippen LogP contribution is 2.66. The first kappa shape index (κ1) is 14.9. The summed E-state index contributed by atoms with van der Waals surface area (Å²) in [6, 6.07) is 7.38. The highest BCUT2D eigenvalue weighted by Gasteiger charge is 2.61. The number of aliphatic hydroxyl groups excluding tert-OH is 1. The van der Waals surface area contributed by atoms with Crippen LogP contribution in [0.3, 0.4) is 0 Å². The number of ether oxygens (including phenoxy) is 1. The van der Waals surface area contributed by atoms with Crippen LogP contribution < -0.4 is 5.73 Å². The largest absolute Gasteiger partial charge is 0.399 e. The van der Waals surface area contributed by atoms with E-state index in [0.717, 1.165) is 17.9 Å². The molecular formula is C18H27NO2. The Hall–Kier alpha value is -1.06. The van der Waals surface area contributed by atoms with Crippen LogP contribution in [0.2, 0.25) is 0 Å². The Kier molecular flexibility index (Phi) is 3.53. The van der Waals surface area contributed by atoms with E-state index in [1.54, 1.807) is 0 Å². The van der Waals surface area contributed by atoms with E-state index in [-0.39, 0.29) is 11.5 Å². The molecule has 3 heteroatoms. The molecule has 3 N–H and O–H groups in total. The van der Waals surface area contributed by atoms with Crippen LogP contribution in [0.4, 0.5) is 5.69 Å². The first-order valence-corrected chi connectivity index (χ1v) is 8.00. The molecule has 3 nitrogen and oxygen atoms in total. The summed E-state index contributed by atoms with van der Waals surface area (Å²) in [6.45, 7) is 7.49. The SMILES string of the molecule is CC1(C)C2CCC1(C)C(OCC(O)c1ccc(N)cc1)C2. The molecule has 1 aromatic carbocycles. The Morgan fingerprint density at radius 1 is 1.29 bits per heavy atom. The highest BCUT2D eigenvalue weighted by atomic mass is 16.5. The van der Waals surface area contributed by atoms with Gasteiger partial charge in [-0.15, -0.1) is 0 Å². The molecule has 2 aliphatic carbocycles. The summed E-state index contributed by atoms with van der Waals surface area (Å²) in [4.78, 5) is 0. The number of anilines is 1. The number of aliphatic hydroxyl groups is 1. The molecule has 0 spiro atoms. The third-order valence-corrected chi connectivity index (χ3v) is 6.49. The molecule has 4 atom stereocenters. The molecule has 4 unspecified atom stereocenters. The minimum Gasteiger partial charge on any atom is -0.399 e. The molecule has 0 saturated heterocycles. The normalized spacial score (nSPS) is 35.0. The van der Waals surface area contributed by atoms with Crippen molar-refractivity contribution in [3.63, 3.8) is 0 Å². The van der Waals surface area contributed by atoms with Crippen LogP contribution in [-0.4, -0.2) is 17.8 Å². The Bertz CT molecular complexity index is 510. The molecule has 1 aromatic rings. The van der Waals surface area contributed by atoms with Gasteiger partial charge in [-0.2, -0.15) is 0 Å². The van der Waals surface area contributed by atoms with E-state index in [9.17, 15) is 5.11 Å². The second kappa shape index (κ2) is 4.99.